The van der Waals surface area contributed by atoms with Crippen LogP contribution in [0, 0.1) is 0 Å². The first-order chi connectivity index (χ1) is 9.72. The minimum absolute atomic E-state index is 0.642. The van der Waals surface area contributed by atoms with Crippen molar-refractivity contribution in [2.24, 2.45) is 0 Å². The quantitative estimate of drug-likeness (QED) is 0.926. The predicted molar refractivity (Wildman–Crippen MR) is 76.6 cm³/mol. The van der Waals surface area contributed by atoms with E-state index in [1.807, 2.05) is 36.4 Å². The molecule has 0 aliphatic heterocycles. The summed E-state index contributed by atoms with van der Waals surface area (Å²) in [6, 6.07) is 11.9. The lowest BCUT2D eigenvalue weighted by molar-refractivity contribution is -0.144. The van der Waals surface area contributed by atoms with Crippen LogP contribution in [0.1, 0.15) is 29.5 Å². The number of hydrogen-bond donors (Lipinski definition) is 1. The molecule has 1 heterocycles. The van der Waals surface area contributed by atoms with Gasteiger partial charge in [-0.15, -0.1) is 0 Å². The van der Waals surface area contributed by atoms with Crippen molar-refractivity contribution >= 4 is 5.97 Å². The summed E-state index contributed by atoms with van der Waals surface area (Å²) in [4.78, 5) is 15.9. The average molecular weight is 267 g/mol. The molecule has 0 fully saturated rings. The van der Waals surface area contributed by atoms with Crippen molar-refractivity contribution in [2.45, 2.75) is 31.1 Å². The van der Waals surface area contributed by atoms with E-state index in [-0.39, 0.29) is 0 Å². The van der Waals surface area contributed by atoms with Crippen LogP contribution in [0.15, 0.2) is 48.8 Å². The van der Waals surface area contributed by atoms with Gasteiger partial charge in [-0.1, -0.05) is 24.3 Å². The maximum Gasteiger partial charge on any atom is 0.314 e. The zero-order valence-electron chi connectivity index (χ0n) is 11.2. The highest BCUT2D eigenvalue weighted by atomic mass is 16.4. The molecule has 2 aromatic rings. The molecule has 3 rings (SSSR count). The van der Waals surface area contributed by atoms with Crippen molar-refractivity contribution < 1.29 is 9.90 Å². The Bertz CT molecular complexity index is 624. The lowest BCUT2D eigenvalue weighted by atomic mass is 9.77. The second-order valence-corrected chi connectivity index (χ2v) is 5.40. The van der Waals surface area contributed by atoms with Crippen molar-refractivity contribution in [2.75, 3.05) is 0 Å². The summed E-state index contributed by atoms with van der Waals surface area (Å²) >= 11 is 0. The van der Waals surface area contributed by atoms with Gasteiger partial charge in [-0.3, -0.25) is 9.78 Å². The van der Waals surface area contributed by atoms with E-state index in [0.717, 1.165) is 24.0 Å². The fraction of sp³-hybridized carbons (Fsp3) is 0.294. The Kier molecular flexibility index (Phi) is 3.26. The summed E-state index contributed by atoms with van der Waals surface area (Å²) in [5.41, 5.74) is 2.61. The molecule has 1 N–H and O–H groups in total. The van der Waals surface area contributed by atoms with Gasteiger partial charge < -0.3 is 5.11 Å². The van der Waals surface area contributed by atoms with Crippen molar-refractivity contribution in [3.8, 4) is 0 Å². The number of hydrogen-bond acceptors (Lipinski definition) is 2. The normalized spacial score (nSPS) is 20.6. The van der Waals surface area contributed by atoms with Gasteiger partial charge in [0.2, 0.25) is 0 Å². The van der Waals surface area contributed by atoms with Gasteiger partial charge in [-0.25, -0.2) is 0 Å². The molecule has 3 nitrogen and oxygen atoms in total. The zero-order valence-corrected chi connectivity index (χ0v) is 11.2. The summed E-state index contributed by atoms with van der Waals surface area (Å²) in [7, 11) is 0. The van der Waals surface area contributed by atoms with Crippen LogP contribution in [0.4, 0.5) is 0 Å². The van der Waals surface area contributed by atoms with E-state index in [1.54, 1.807) is 12.4 Å². The number of pyridine rings is 1. The Morgan fingerprint density at radius 3 is 2.70 bits per heavy atom. The molecule has 1 aromatic carbocycles. The molecular formula is C17H17NO2. The maximum absolute atomic E-state index is 11.9. The number of benzene rings is 1. The topological polar surface area (TPSA) is 50.2 Å². The molecule has 0 saturated carbocycles. The Morgan fingerprint density at radius 1 is 1.20 bits per heavy atom. The fourth-order valence-electron chi connectivity index (χ4n) is 3.18. The Labute approximate surface area is 118 Å². The summed E-state index contributed by atoms with van der Waals surface area (Å²) in [6.07, 6.45) is 6.48. The lowest BCUT2D eigenvalue weighted by Gasteiger charge is -2.25. The maximum atomic E-state index is 11.9. The zero-order chi connectivity index (χ0) is 14.0. The van der Waals surface area contributed by atoms with E-state index in [2.05, 4.69) is 4.98 Å². The molecule has 0 radical (unpaired) electrons. The standard InChI is InChI=1S/C17H17NO2/c19-16(20)17(9-5-13-7-11-18-12-8-13)10-6-14-3-1-2-4-15(14)17/h1-4,7-8,11-12H,5-6,9-10H2,(H,19,20). The van der Waals surface area contributed by atoms with Gasteiger partial charge >= 0.3 is 5.97 Å². The molecule has 102 valence electrons. The van der Waals surface area contributed by atoms with E-state index in [1.165, 1.54) is 5.56 Å². The van der Waals surface area contributed by atoms with Gasteiger partial charge in [0.1, 0.15) is 0 Å². The number of carboxylic acid groups (broad SMARTS) is 1. The number of aliphatic carboxylic acids is 1. The highest BCUT2D eigenvalue weighted by molar-refractivity contribution is 5.83. The SMILES string of the molecule is O=C(O)C1(CCc2ccncc2)CCc2ccccc21. The third kappa shape index (κ3) is 2.09. The van der Waals surface area contributed by atoms with Crippen molar-refractivity contribution in [3.05, 3.63) is 65.5 Å². The van der Waals surface area contributed by atoms with Crippen LogP contribution in [-0.2, 0) is 23.1 Å². The second-order valence-electron chi connectivity index (χ2n) is 5.40. The molecule has 0 amide bonds. The van der Waals surface area contributed by atoms with Crippen LogP contribution >= 0.6 is 0 Å². The van der Waals surface area contributed by atoms with E-state index < -0.39 is 11.4 Å². The third-order valence-corrected chi connectivity index (χ3v) is 4.35. The van der Waals surface area contributed by atoms with Crippen molar-refractivity contribution in [1.82, 2.24) is 4.98 Å². The summed E-state index contributed by atoms with van der Waals surface area (Å²) in [6.45, 7) is 0. The molecule has 1 unspecified atom stereocenters. The third-order valence-electron chi connectivity index (χ3n) is 4.35. The van der Waals surface area contributed by atoms with E-state index in [4.69, 9.17) is 0 Å². The minimum Gasteiger partial charge on any atom is -0.481 e. The minimum atomic E-state index is -0.722. The van der Waals surface area contributed by atoms with Gasteiger partial charge in [-0.05, 0) is 54.5 Å². The van der Waals surface area contributed by atoms with Crippen LogP contribution in [0.25, 0.3) is 0 Å². The van der Waals surface area contributed by atoms with Crippen molar-refractivity contribution in [1.29, 1.82) is 0 Å². The van der Waals surface area contributed by atoms with Crippen molar-refractivity contribution in [3.63, 3.8) is 0 Å². The van der Waals surface area contributed by atoms with Crippen LogP contribution in [-0.4, -0.2) is 16.1 Å². The number of carbonyl (C=O) groups is 1. The van der Waals surface area contributed by atoms with E-state index in [9.17, 15) is 9.90 Å². The number of fused-ring (bicyclic) bond motifs is 1. The molecule has 0 bridgehead atoms. The Balaban J connectivity index is 1.89. The van der Waals surface area contributed by atoms with Gasteiger partial charge in [0.05, 0.1) is 5.41 Å². The van der Waals surface area contributed by atoms with Gasteiger partial charge in [0, 0.05) is 12.4 Å². The summed E-state index contributed by atoms with van der Waals surface area (Å²) in [5, 5.41) is 9.78. The largest absolute Gasteiger partial charge is 0.481 e. The molecule has 1 aromatic heterocycles. The summed E-state index contributed by atoms with van der Waals surface area (Å²) < 4.78 is 0. The number of nitrogens with zero attached hydrogens (tertiary/aromatic N) is 1. The molecule has 0 saturated heterocycles. The van der Waals surface area contributed by atoms with Gasteiger partial charge in [-0.2, -0.15) is 0 Å². The number of carboxylic acids is 1. The van der Waals surface area contributed by atoms with E-state index >= 15 is 0 Å². The lowest BCUT2D eigenvalue weighted by Crippen LogP contribution is -2.34. The van der Waals surface area contributed by atoms with Crippen LogP contribution in [0.3, 0.4) is 0 Å². The first-order valence-corrected chi connectivity index (χ1v) is 6.93. The Morgan fingerprint density at radius 2 is 1.95 bits per heavy atom. The molecule has 1 aliphatic carbocycles. The molecule has 1 atom stereocenters. The first kappa shape index (κ1) is 12.9. The van der Waals surface area contributed by atoms with Gasteiger partial charge in [0.15, 0.2) is 0 Å². The van der Waals surface area contributed by atoms with E-state index in [0.29, 0.717) is 12.8 Å². The number of aromatic nitrogens is 1. The fourth-order valence-corrected chi connectivity index (χ4v) is 3.18. The number of rotatable bonds is 4. The molecule has 0 spiro atoms. The predicted octanol–water partition coefficient (Wildman–Crippen LogP) is 2.98. The van der Waals surface area contributed by atoms with Crippen LogP contribution < -0.4 is 0 Å². The molecule has 3 heteroatoms. The number of aryl methyl sites for hydroxylation is 2. The summed E-state index contributed by atoms with van der Waals surface area (Å²) in [5.74, 6) is -0.698. The second kappa shape index (κ2) is 5.08. The smallest absolute Gasteiger partial charge is 0.314 e. The van der Waals surface area contributed by atoms with Crippen LogP contribution in [0.2, 0.25) is 0 Å². The highest BCUT2D eigenvalue weighted by Crippen LogP contribution is 2.42. The van der Waals surface area contributed by atoms with Crippen LogP contribution in [0.5, 0.6) is 0 Å². The molecule has 1 aliphatic rings. The molecular weight excluding hydrogens is 250 g/mol. The Hall–Kier alpha value is -2.16. The average Bonchev–Trinajstić information content (AvgIpc) is 2.87. The van der Waals surface area contributed by atoms with Gasteiger partial charge in [0.25, 0.3) is 0 Å². The molecule has 20 heavy (non-hydrogen) atoms. The first-order valence-electron chi connectivity index (χ1n) is 6.93. The highest BCUT2D eigenvalue weighted by Gasteiger charge is 2.44. The monoisotopic (exact) mass is 267 g/mol.